The van der Waals surface area contributed by atoms with E-state index in [1.54, 1.807) is 30.3 Å². The summed E-state index contributed by atoms with van der Waals surface area (Å²) in [6, 6.07) is 10.7. The summed E-state index contributed by atoms with van der Waals surface area (Å²) in [6.45, 7) is 7.68. The van der Waals surface area contributed by atoms with E-state index in [1.807, 2.05) is 27.7 Å². The maximum Gasteiger partial charge on any atom is 0.335 e. The predicted octanol–water partition coefficient (Wildman–Crippen LogP) is 3.77. The third-order valence-corrected chi connectivity index (χ3v) is 6.94. The van der Waals surface area contributed by atoms with Crippen LogP contribution in [0, 0.1) is 5.92 Å². The van der Waals surface area contributed by atoms with Crippen LogP contribution in [0.15, 0.2) is 47.4 Å². The van der Waals surface area contributed by atoms with E-state index < -0.39 is 27.6 Å². The van der Waals surface area contributed by atoms with E-state index in [1.165, 1.54) is 12.1 Å². The van der Waals surface area contributed by atoms with Gasteiger partial charge in [-0.1, -0.05) is 26.0 Å². The number of hydrogen-bond acceptors (Lipinski definition) is 4. The fraction of sp³-hybridized carbons (Fsp3) is 0.381. The summed E-state index contributed by atoms with van der Waals surface area (Å²) >= 11 is 0. The largest absolute Gasteiger partial charge is 0.487 e. The Morgan fingerprint density at radius 2 is 1.82 bits per heavy atom. The Balaban J connectivity index is 2.04. The first-order chi connectivity index (χ1) is 13.0. The van der Waals surface area contributed by atoms with E-state index in [4.69, 9.17) is 4.74 Å². The molecule has 2 aromatic carbocycles. The molecule has 0 amide bonds. The minimum absolute atomic E-state index is 0.0887. The molecule has 2 unspecified atom stereocenters. The molecule has 2 N–H and O–H groups in total. The molecule has 3 rings (SSSR count). The van der Waals surface area contributed by atoms with Crippen molar-refractivity contribution in [2.75, 3.05) is 0 Å². The van der Waals surface area contributed by atoms with Gasteiger partial charge in [0.05, 0.1) is 16.5 Å². The monoisotopic (exact) mass is 403 g/mol. The highest BCUT2D eigenvalue weighted by atomic mass is 32.2. The molecule has 1 aliphatic rings. The molecule has 0 fully saturated rings. The number of ether oxygens (including phenoxy) is 1. The molecule has 0 aromatic heterocycles. The van der Waals surface area contributed by atoms with Crippen LogP contribution < -0.4 is 9.46 Å². The molecule has 2 atom stereocenters. The number of aromatic carboxylic acids is 1. The van der Waals surface area contributed by atoms with Gasteiger partial charge in [0.15, 0.2) is 0 Å². The number of hydrogen-bond donors (Lipinski definition) is 2. The third kappa shape index (κ3) is 3.77. The SMILES string of the molecule is CCc1ccc(S(=O)(=O)NC2c3cc(C(=O)O)ccc3OC(C)(C)C2C)cc1. The normalized spacial score (nSPS) is 20.9. The number of carboxylic acids is 1. The second-order valence-electron chi connectivity index (χ2n) is 7.65. The van der Waals surface area contributed by atoms with E-state index >= 15 is 0 Å². The van der Waals surface area contributed by atoms with Crippen molar-refractivity contribution in [1.82, 2.24) is 4.72 Å². The smallest absolute Gasteiger partial charge is 0.335 e. The molecule has 0 spiro atoms. The Morgan fingerprint density at radius 1 is 1.18 bits per heavy atom. The van der Waals surface area contributed by atoms with Crippen molar-refractivity contribution in [3.05, 3.63) is 59.2 Å². The zero-order chi connectivity index (χ0) is 20.7. The van der Waals surface area contributed by atoms with Crippen molar-refractivity contribution in [2.24, 2.45) is 5.92 Å². The molecule has 1 aliphatic heterocycles. The number of nitrogens with one attached hydrogen (secondary N) is 1. The predicted molar refractivity (Wildman–Crippen MR) is 106 cm³/mol. The van der Waals surface area contributed by atoms with Crippen LogP contribution in [-0.2, 0) is 16.4 Å². The Morgan fingerprint density at radius 3 is 2.39 bits per heavy atom. The van der Waals surface area contributed by atoms with Gasteiger partial charge in [-0.15, -0.1) is 0 Å². The lowest BCUT2D eigenvalue weighted by molar-refractivity contribution is 0.0167. The lowest BCUT2D eigenvalue weighted by Crippen LogP contribution is -2.48. The van der Waals surface area contributed by atoms with Gasteiger partial charge in [0, 0.05) is 11.5 Å². The highest BCUT2D eigenvalue weighted by Gasteiger charge is 2.43. The van der Waals surface area contributed by atoms with E-state index in [9.17, 15) is 18.3 Å². The lowest BCUT2D eigenvalue weighted by atomic mass is 9.80. The van der Waals surface area contributed by atoms with Gasteiger partial charge in [0.25, 0.3) is 0 Å². The highest BCUT2D eigenvalue weighted by Crippen LogP contribution is 2.44. The minimum Gasteiger partial charge on any atom is -0.487 e. The van der Waals surface area contributed by atoms with Crippen molar-refractivity contribution < 1.29 is 23.1 Å². The van der Waals surface area contributed by atoms with Crippen molar-refractivity contribution >= 4 is 16.0 Å². The van der Waals surface area contributed by atoms with Crippen LogP contribution in [-0.4, -0.2) is 25.1 Å². The Bertz CT molecular complexity index is 996. The summed E-state index contributed by atoms with van der Waals surface area (Å²) in [7, 11) is -3.80. The minimum atomic E-state index is -3.80. The van der Waals surface area contributed by atoms with Crippen LogP contribution in [0.5, 0.6) is 5.75 Å². The number of benzene rings is 2. The highest BCUT2D eigenvalue weighted by molar-refractivity contribution is 7.89. The molecular weight excluding hydrogens is 378 g/mol. The van der Waals surface area contributed by atoms with Crippen molar-refractivity contribution in [2.45, 2.75) is 50.7 Å². The molecular formula is C21H25NO5S. The van der Waals surface area contributed by atoms with Crippen LogP contribution in [0.1, 0.15) is 55.2 Å². The summed E-state index contributed by atoms with van der Waals surface area (Å²) in [6.07, 6.45) is 0.824. The molecule has 0 radical (unpaired) electrons. The van der Waals surface area contributed by atoms with Crippen molar-refractivity contribution in [1.29, 1.82) is 0 Å². The van der Waals surface area contributed by atoms with E-state index in [0.29, 0.717) is 11.3 Å². The molecule has 2 aromatic rings. The van der Waals surface area contributed by atoms with Crippen molar-refractivity contribution in [3.8, 4) is 5.75 Å². The van der Waals surface area contributed by atoms with Gasteiger partial charge in [-0.25, -0.2) is 17.9 Å². The van der Waals surface area contributed by atoms with Crippen LogP contribution in [0.2, 0.25) is 0 Å². The molecule has 0 aliphatic carbocycles. The van der Waals surface area contributed by atoms with Gasteiger partial charge in [0.2, 0.25) is 10.0 Å². The van der Waals surface area contributed by atoms with E-state index in [2.05, 4.69) is 4.72 Å². The first kappa shape index (κ1) is 20.4. The zero-order valence-corrected chi connectivity index (χ0v) is 17.2. The molecule has 0 saturated heterocycles. The van der Waals surface area contributed by atoms with Crippen LogP contribution in [0.25, 0.3) is 0 Å². The topological polar surface area (TPSA) is 92.7 Å². The summed E-state index contributed by atoms with van der Waals surface area (Å²) in [5, 5.41) is 9.32. The van der Waals surface area contributed by atoms with Crippen LogP contribution >= 0.6 is 0 Å². The summed E-state index contributed by atoms with van der Waals surface area (Å²) in [4.78, 5) is 11.6. The van der Waals surface area contributed by atoms with Gasteiger partial charge < -0.3 is 9.84 Å². The molecule has 150 valence electrons. The first-order valence-electron chi connectivity index (χ1n) is 9.22. The molecule has 7 heteroatoms. The van der Waals surface area contributed by atoms with Gasteiger partial charge in [-0.3, -0.25) is 0 Å². The zero-order valence-electron chi connectivity index (χ0n) is 16.4. The average Bonchev–Trinajstić information content (AvgIpc) is 2.65. The number of sulfonamides is 1. The Hall–Kier alpha value is -2.38. The van der Waals surface area contributed by atoms with Crippen molar-refractivity contribution in [3.63, 3.8) is 0 Å². The molecule has 1 heterocycles. The first-order valence-corrected chi connectivity index (χ1v) is 10.7. The molecule has 0 saturated carbocycles. The molecule has 6 nitrogen and oxygen atoms in total. The number of rotatable bonds is 5. The number of carbonyl (C=O) groups is 1. The van der Waals surface area contributed by atoms with Gasteiger partial charge in [-0.2, -0.15) is 0 Å². The van der Waals surface area contributed by atoms with E-state index in [0.717, 1.165) is 12.0 Å². The number of carboxylic acid groups (broad SMARTS) is 1. The number of aryl methyl sites for hydroxylation is 1. The number of fused-ring (bicyclic) bond motifs is 1. The maximum absolute atomic E-state index is 13.0. The average molecular weight is 404 g/mol. The van der Waals surface area contributed by atoms with Gasteiger partial charge in [0.1, 0.15) is 11.4 Å². The van der Waals surface area contributed by atoms with E-state index in [-0.39, 0.29) is 16.4 Å². The fourth-order valence-corrected chi connectivity index (χ4v) is 4.67. The Kier molecular flexibility index (Phi) is 5.25. The lowest BCUT2D eigenvalue weighted by Gasteiger charge is -2.43. The van der Waals surface area contributed by atoms with Gasteiger partial charge in [-0.05, 0) is 56.2 Å². The summed E-state index contributed by atoms with van der Waals surface area (Å²) in [5.74, 6) is -0.812. The summed E-state index contributed by atoms with van der Waals surface area (Å²) < 4.78 is 34.8. The van der Waals surface area contributed by atoms with Gasteiger partial charge >= 0.3 is 5.97 Å². The Labute approximate surface area is 165 Å². The molecule has 28 heavy (non-hydrogen) atoms. The standard InChI is InChI=1S/C21H25NO5S/c1-5-14-6-9-16(10-7-14)28(25,26)22-19-13(2)21(3,4)27-18-11-8-15(20(23)24)12-17(18)19/h6-13,19,22H,5H2,1-4H3,(H,23,24). The third-order valence-electron chi connectivity index (χ3n) is 5.49. The molecule has 0 bridgehead atoms. The quantitative estimate of drug-likeness (QED) is 0.793. The van der Waals surface area contributed by atoms with Crippen LogP contribution in [0.4, 0.5) is 0 Å². The fourth-order valence-electron chi connectivity index (χ4n) is 3.37. The maximum atomic E-state index is 13.0. The summed E-state index contributed by atoms with van der Waals surface area (Å²) in [5.41, 5.74) is 1.04. The second-order valence-corrected chi connectivity index (χ2v) is 9.36. The second kappa shape index (κ2) is 7.22. The van der Waals surface area contributed by atoms with Crippen LogP contribution in [0.3, 0.4) is 0 Å².